The second-order valence-corrected chi connectivity index (χ2v) is 7.13. The normalized spacial score (nSPS) is 12.6. The molecule has 1 rings (SSSR count). The summed E-state index contributed by atoms with van der Waals surface area (Å²) in [5, 5.41) is 19.6. The van der Waals surface area contributed by atoms with E-state index in [0.29, 0.717) is 25.7 Å². The van der Waals surface area contributed by atoms with Crippen LogP contribution in [0, 0.1) is 10.1 Å². The summed E-state index contributed by atoms with van der Waals surface area (Å²) >= 11 is 0. The summed E-state index contributed by atoms with van der Waals surface area (Å²) in [6.45, 7) is 1.41. The number of non-ortho nitro benzene ring substituents is 1. The molecule has 0 spiro atoms. The Morgan fingerprint density at radius 1 is 1.28 bits per heavy atom. The summed E-state index contributed by atoms with van der Waals surface area (Å²) < 4.78 is 32.1. The first-order chi connectivity index (χ1) is 11.8. The van der Waals surface area contributed by atoms with Crippen LogP contribution in [0.5, 0.6) is 0 Å². The van der Waals surface area contributed by atoms with Crippen LogP contribution in [0.15, 0.2) is 29.2 Å². The molecule has 0 aromatic heterocycles. The van der Waals surface area contributed by atoms with Gasteiger partial charge in [-0.1, -0.05) is 0 Å². The standard InChI is InChI=1S/C15H22N2O7S/c1-12(19)24-11-3-5-13(4-2-10-18)16-25(22,23)15-8-6-14(7-9-15)17(20)21/h6-9,13,16,18H,2-5,10-11H2,1H3/t13-/m0/s1. The van der Waals surface area contributed by atoms with Crippen molar-refractivity contribution in [2.24, 2.45) is 0 Å². The van der Waals surface area contributed by atoms with Crippen molar-refractivity contribution in [3.63, 3.8) is 0 Å². The van der Waals surface area contributed by atoms with E-state index in [1.807, 2.05) is 0 Å². The highest BCUT2D eigenvalue weighted by Crippen LogP contribution is 2.17. The monoisotopic (exact) mass is 374 g/mol. The Morgan fingerprint density at radius 2 is 1.88 bits per heavy atom. The van der Waals surface area contributed by atoms with Crippen molar-refractivity contribution in [3.8, 4) is 0 Å². The molecule has 0 aliphatic carbocycles. The highest BCUT2D eigenvalue weighted by molar-refractivity contribution is 7.89. The molecule has 0 aliphatic heterocycles. The van der Waals surface area contributed by atoms with E-state index in [0.717, 1.165) is 12.1 Å². The molecule has 25 heavy (non-hydrogen) atoms. The molecule has 0 radical (unpaired) electrons. The molecular weight excluding hydrogens is 352 g/mol. The van der Waals surface area contributed by atoms with Crippen LogP contribution in [0.4, 0.5) is 5.69 Å². The molecule has 1 aromatic carbocycles. The summed E-state index contributed by atoms with van der Waals surface area (Å²) in [4.78, 5) is 20.7. The molecule has 9 nitrogen and oxygen atoms in total. The van der Waals surface area contributed by atoms with Gasteiger partial charge >= 0.3 is 5.97 Å². The largest absolute Gasteiger partial charge is 0.466 e. The van der Waals surface area contributed by atoms with Crippen molar-refractivity contribution in [2.45, 2.75) is 43.5 Å². The van der Waals surface area contributed by atoms with Crippen molar-refractivity contribution >= 4 is 21.7 Å². The Hall–Kier alpha value is -2.04. The average molecular weight is 374 g/mol. The molecular formula is C15H22N2O7S. The molecule has 140 valence electrons. The highest BCUT2D eigenvalue weighted by Gasteiger charge is 2.20. The Kier molecular flexibility index (Phi) is 8.46. The predicted molar refractivity (Wildman–Crippen MR) is 89.4 cm³/mol. The van der Waals surface area contributed by atoms with Gasteiger partial charge in [0.1, 0.15) is 0 Å². The van der Waals surface area contributed by atoms with E-state index in [2.05, 4.69) is 4.72 Å². The van der Waals surface area contributed by atoms with E-state index >= 15 is 0 Å². The topological polar surface area (TPSA) is 136 Å². The highest BCUT2D eigenvalue weighted by atomic mass is 32.2. The molecule has 0 heterocycles. The van der Waals surface area contributed by atoms with E-state index in [4.69, 9.17) is 9.84 Å². The van der Waals surface area contributed by atoms with Crippen molar-refractivity contribution in [1.82, 2.24) is 4.72 Å². The Balaban J connectivity index is 2.74. The molecule has 0 unspecified atom stereocenters. The molecule has 0 saturated heterocycles. The van der Waals surface area contributed by atoms with Crippen molar-refractivity contribution in [1.29, 1.82) is 0 Å². The molecule has 1 aromatic rings. The predicted octanol–water partition coefficient (Wildman–Crippen LogP) is 1.36. The van der Waals surface area contributed by atoms with Crippen LogP contribution in [0.2, 0.25) is 0 Å². The van der Waals surface area contributed by atoms with Gasteiger partial charge in [0, 0.05) is 31.7 Å². The summed E-state index contributed by atoms with van der Waals surface area (Å²) in [6, 6.07) is 4.14. The van der Waals surface area contributed by atoms with E-state index in [1.165, 1.54) is 19.1 Å². The number of rotatable bonds is 11. The fourth-order valence-electron chi connectivity index (χ4n) is 2.18. The minimum absolute atomic E-state index is 0.0697. The van der Waals surface area contributed by atoms with Crippen LogP contribution in [-0.4, -0.2) is 43.7 Å². The van der Waals surface area contributed by atoms with Crippen LogP contribution in [0.1, 0.15) is 32.6 Å². The van der Waals surface area contributed by atoms with Gasteiger partial charge in [-0.3, -0.25) is 14.9 Å². The zero-order valence-electron chi connectivity index (χ0n) is 13.9. The van der Waals surface area contributed by atoms with Gasteiger partial charge in [0.25, 0.3) is 5.69 Å². The maximum absolute atomic E-state index is 12.4. The average Bonchev–Trinajstić information content (AvgIpc) is 2.56. The number of hydrogen-bond acceptors (Lipinski definition) is 7. The second-order valence-electron chi connectivity index (χ2n) is 5.42. The van der Waals surface area contributed by atoms with E-state index in [9.17, 15) is 23.3 Å². The number of nitrogens with zero attached hydrogens (tertiary/aromatic N) is 1. The summed E-state index contributed by atoms with van der Waals surface area (Å²) in [6.07, 6.45) is 1.74. The quantitative estimate of drug-likeness (QED) is 0.258. The lowest BCUT2D eigenvalue weighted by Gasteiger charge is -2.18. The minimum Gasteiger partial charge on any atom is -0.466 e. The summed E-state index contributed by atoms with van der Waals surface area (Å²) in [5.74, 6) is -0.404. The van der Waals surface area contributed by atoms with Crippen LogP contribution >= 0.6 is 0 Å². The van der Waals surface area contributed by atoms with E-state index in [-0.39, 0.29) is 23.8 Å². The van der Waals surface area contributed by atoms with E-state index in [1.54, 1.807) is 0 Å². The Bertz CT molecular complexity index is 674. The number of nitro groups is 1. The maximum Gasteiger partial charge on any atom is 0.302 e. The van der Waals surface area contributed by atoms with Gasteiger partial charge in [0.05, 0.1) is 16.4 Å². The number of benzene rings is 1. The lowest BCUT2D eigenvalue weighted by atomic mass is 10.1. The SMILES string of the molecule is CC(=O)OCCC[C@H](CCCO)NS(=O)(=O)c1ccc([N+](=O)[O-])cc1. The first-order valence-corrected chi connectivity index (χ1v) is 9.25. The third-order valence-corrected chi connectivity index (χ3v) is 4.93. The third-order valence-electron chi connectivity index (χ3n) is 3.39. The number of carbonyl (C=O) groups is 1. The fourth-order valence-corrected chi connectivity index (χ4v) is 3.48. The number of sulfonamides is 1. The summed E-state index contributed by atoms with van der Waals surface area (Å²) in [7, 11) is -3.85. The van der Waals surface area contributed by atoms with Gasteiger partial charge in [0.2, 0.25) is 10.0 Å². The zero-order chi connectivity index (χ0) is 18.9. The van der Waals surface area contributed by atoms with Crippen LogP contribution in [0.3, 0.4) is 0 Å². The fraction of sp³-hybridized carbons (Fsp3) is 0.533. The van der Waals surface area contributed by atoms with Crippen molar-refractivity contribution in [3.05, 3.63) is 34.4 Å². The van der Waals surface area contributed by atoms with Crippen molar-refractivity contribution in [2.75, 3.05) is 13.2 Å². The number of aliphatic hydroxyl groups excluding tert-OH is 1. The molecule has 10 heteroatoms. The van der Waals surface area contributed by atoms with Gasteiger partial charge in [-0.15, -0.1) is 0 Å². The Labute approximate surface area is 146 Å². The molecule has 0 amide bonds. The first-order valence-electron chi connectivity index (χ1n) is 7.77. The Morgan fingerprint density at radius 3 is 2.40 bits per heavy atom. The number of nitro benzene ring substituents is 1. The number of esters is 1. The molecule has 0 saturated carbocycles. The zero-order valence-corrected chi connectivity index (χ0v) is 14.7. The smallest absolute Gasteiger partial charge is 0.302 e. The minimum atomic E-state index is -3.85. The lowest BCUT2D eigenvalue weighted by molar-refractivity contribution is -0.384. The van der Waals surface area contributed by atoms with Crippen molar-refractivity contribution < 1.29 is 28.0 Å². The van der Waals surface area contributed by atoms with E-state index < -0.39 is 27.0 Å². The molecule has 0 fully saturated rings. The van der Waals surface area contributed by atoms with Gasteiger partial charge in [-0.2, -0.15) is 0 Å². The van der Waals surface area contributed by atoms with Gasteiger partial charge in [-0.05, 0) is 37.8 Å². The first kappa shape index (κ1) is 21.0. The summed E-state index contributed by atoms with van der Waals surface area (Å²) in [5.41, 5.74) is -0.197. The van der Waals surface area contributed by atoms with Gasteiger partial charge in [-0.25, -0.2) is 13.1 Å². The van der Waals surface area contributed by atoms with Crippen LogP contribution in [-0.2, 0) is 19.6 Å². The number of aliphatic hydroxyl groups is 1. The van der Waals surface area contributed by atoms with Crippen LogP contribution < -0.4 is 4.72 Å². The lowest BCUT2D eigenvalue weighted by Crippen LogP contribution is -2.35. The molecule has 1 atom stereocenters. The van der Waals surface area contributed by atoms with Gasteiger partial charge < -0.3 is 9.84 Å². The molecule has 0 aliphatic rings. The second kappa shape index (κ2) is 10.1. The van der Waals surface area contributed by atoms with Crippen LogP contribution in [0.25, 0.3) is 0 Å². The third kappa shape index (κ3) is 7.59. The maximum atomic E-state index is 12.4. The molecule has 0 bridgehead atoms. The number of hydrogen-bond donors (Lipinski definition) is 2. The number of carbonyl (C=O) groups excluding carboxylic acids is 1. The number of ether oxygens (including phenoxy) is 1. The van der Waals surface area contributed by atoms with Gasteiger partial charge in [0.15, 0.2) is 0 Å². The molecule has 2 N–H and O–H groups in total. The number of nitrogens with one attached hydrogen (secondary N) is 1.